The molecule has 16 heavy (non-hydrogen) atoms. The van der Waals surface area contributed by atoms with Gasteiger partial charge >= 0.3 is 6.01 Å². The van der Waals surface area contributed by atoms with Crippen LogP contribution < -0.4 is 10.6 Å². The summed E-state index contributed by atoms with van der Waals surface area (Å²) in [5.41, 5.74) is 0.857. The van der Waals surface area contributed by atoms with Crippen LogP contribution in [0.15, 0.2) is 47.8 Å². The Labute approximate surface area is 92.6 Å². The van der Waals surface area contributed by atoms with Crippen LogP contribution in [-0.2, 0) is 0 Å². The molecule has 1 aromatic carbocycles. The summed E-state index contributed by atoms with van der Waals surface area (Å²) in [6.07, 6.45) is 4.78. The first-order chi connectivity index (χ1) is 7.88. The third-order valence-electron chi connectivity index (χ3n) is 1.83. The quantitative estimate of drug-likeness (QED) is 0.478. The van der Waals surface area contributed by atoms with Crippen molar-refractivity contribution >= 4 is 6.21 Å². The van der Waals surface area contributed by atoms with E-state index < -0.39 is 0 Å². The summed E-state index contributed by atoms with van der Waals surface area (Å²) < 4.78 is 5.44. The summed E-state index contributed by atoms with van der Waals surface area (Å²) in [5, 5.41) is 3.44. The molecule has 2 rings (SSSR count). The van der Waals surface area contributed by atoms with Crippen LogP contribution in [-0.4, -0.2) is 16.2 Å². The summed E-state index contributed by atoms with van der Waals surface area (Å²) in [7, 11) is 0. The van der Waals surface area contributed by atoms with Gasteiger partial charge in [-0.15, -0.1) is 0 Å². The van der Waals surface area contributed by atoms with E-state index in [4.69, 9.17) is 10.6 Å². The van der Waals surface area contributed by atoms with Gasteiger partial charge < -0.3 is 10.6 Å². The van der Waals surface area contributed by atoms with E-state index in [2.05, 4.69) is 15.1 Å². The molecule has 1 heterocycles. The van der Waals surface area contributed by atoms with E-state index in [0.29, 0.717) is 11.8 Å². The van der Waals surface area contributed by atoms with Gasteiger partial charge in [0.05, 0.1) is 6.21 Å². The maximum Gasteiger partial charge on any atom is 0.321 e. The zero-order chi connectivity index (χ0) is 11.2. The third-order valence-corrected chi connectivity index (χ3v) is 1.83. The molecule has 0 fully saturated rings. The highest BCUT2D eigenvalue weighted by molar-refractivity contribution is 5.79. The highest BCUT2D eigenvalue weighted by Gasteiger charge is 1.99. The summed E-state index contributed by atoms with van der Waals surface area (Å²) in [5.74, 6) is 5.71. The van der Waals surface area contributed by atoms with Crippen molar-refractivity contribution in [1.29, 1.82) is 0 Å². The second kappa shape index (κ2) is 4.88. The second-order valence-corrected chi connectivity index (χ2v) is 2.98. The van der Waals surface area contributed by atoms with Gasteiger partial charge in [0.2, 0.25) is 0 Å². The number of hydrogen-bond acceptors (Lipinski definition) is 5. The van der Waals surface area contributed by atoms with Crippen molar-refractivity contribution in [2.24, 2.45) is 10.9 Å². The fraction of sp³-hybridized carbons (Fsp3) is 0. The lowest BCUT2D eigenvalue weighted by atomic mass is 10.2. The van der Waals surface area contributed by atoms with E-state index >= 15 is 0 Å². The average molecular weight is 214 g/mol. The van der Waals surface area contributed by atoms with Crippen molar-refractivity contribution < 1.29 is 4.74 Å². The van der Waals surface area contributed by atoms with Crippen LogP contribution in [0.4, 0.5) is 0 Å². The molecular weight excluding hydrogens is 204 g/mol. The summed E-state index contributed by atoms with van der Waals surface area (Å²) in [6, 6.07) is 9.36. The SMILES string of the molecule is NN=Cc1cccc(Oc2ncccn2)c1. The van der Waals surface area contributed by atoms with Crippen LogP contribution in [0.3, 0.4) is 0 Å². The van der Waals surface area contributed by atoms with E-state index in [0.717, 1.165) is 5.56 Å². The molecule has 0 aliphatic carbocycles. The van der Waals surface area contributed by atoms with Gasteiger partial charge in [-0.3, -0.25) is 0 Å². The number of nitrogens with zero attached hydrogens (tertiary/aromatic N) is 3. The van der Waals surface area contributed by atoms with Crippen LogP contribution in [0.1, 0.15) is 5.56 Å². The zero-order valence-electron chi connectivity index (χ0n) is 8.45. The molecule has 0 saturated carbocycles. The Kier molecular flexibility index (Phi) is 3.08. The molecule has 0 amide bonds. The van der Waals surface area contributed by atoms with Crippen molar-refractivity contribution in [3.05, 3.63) is 48.3 Å². The smallest absolute Gasteiger partial charge is 0.321 e. The van der Waals surface area contributed by atoms with E-state index in [-0.39, 0.29) is 0 Å². The predicted octanol–water partition coefficient (Wildman–Crippen LogP) is 1.56. The molecule has 80 valence electrons. The van der Waals surface area contributed by atoms with Crippen LogP contribution in [0.5, 0.6) is 11.8 Å². The van der Waals surface area contributed by atoms with E-state index in [1.54, 1.807) is 30.7 Å². The maximum absolute atomic E-state index is 5.44. The highest BCUT2D eigenvalue weighted by Crippen LogP contribution is 2.17. The largest absolute Gasteiger partial charge is 0.424 e. The second-order valence-electron chi connectivity index (χ2n) is 2.98. The fourth-order valence-electron chi connectivity index (χ4n) is 1.19. The lowest BCUT2D eigenvalue weighted by Gasteiger charge is -2.03. The molecule has 0 spiro atoms. The Hall–Kier alpha value is -2.43. The van der Waals surface area contributed by atoms with Gasteiger partial charge in [-0.25, -0.2) is 9.97 Å². The molecule has 0 unspecified atom stereocenters. The number of benzene rings is 1. The van der Waals surface area contributed by atoms with Gasteiger partial charge in [0, 0.05) is 12.4 Å². The number of aromatic nitrogens is 2. The Morgan fingerprint density at radius 1 is 1.19 bits per heavy atom. The van der Waals surface area contributed by atoms with E-state index in [1.807, 2.05) is 18.2 Å². The first kappa shape index (κ1) is 10.1. The number of nitrogens with two attached hydrogens (primary N) is 1. The molecule has 0 radical (unpaired) electrons. The first-order valence-electron chi connectivity index (χ1n) is 4.66. The van der Waals surface area contributed by atoms with Crippen LogP contribution in [0.2, 0.25) is 0 Å². The molecule has 0 saturated heterocycles. The first-order valence-corrected chi connectivity index (χ1v) is 4.66. The number of hydrazone groups is 1. The topological polar surface area (TPSA) is 73.4 Å². The Bertz CT molecular complexity index is 484. The van der Waals surface area contributed by atoms with Gasteiger partial charge in [0.15, 0.2) is 0 Å². The minimum absolute atomic E-state index is 0.310. The van der Waals surface area contributed by atoms with Gasteiger partial charge in [-0.05, 0) is 23.8 Å². The molecule has 5 heteroatoms. The molecule has 0 aliphatic heterocycles. The van der Waals surface area contributed by atoms with Crippen LogP contribution in [0.25, 0.3) is 0 Å². The molecular formula is C11H10N4O. The van der Waals surface area contributed by atoms with Crippen molar-refractivity contribution in [2.45, 2.75) is 0 Å². The normalized spacial score (nSPS) is 10.5. The lowest BCUT2D eigenvalue weighted by Crippen LogP contribution is -1.91. The van der Waals surface area contributed by atoms with Crippen molar-refractivity contribution in [1.82, 2.24) is 9.97 Å². The van der Waals surface area contributed by atoms with E-state index in [1.165, 1.54) is 0 Å². The summed E-state index contributed by atoms with van der Waals surface area (Å²) in [6.45, 7) is 0. The van der Waals surface area contributed by atoms with Gasteiger partial charge in [-0.1, -0.05) is 12.1 Å². The number of ether oxygens (including phenoxy) is 1. The monoisotopic (exact) mass is 214 g/mol. The molecule has 0 bridgehead atoms. The Morgan fingerprint density at radius 2 is 2.00 bits per heavy atom. The van der Waals surface area contributed by atoms with Crippen LogP contribution in [0, 0.1) is 0 Å². The standard InChI is InChI=1S/C11H10N4O/c12-15-8-9-3-1-4-10(7-9)16-11-13-5-2-6-14-11/h1-8H,12H2. The molecule has 0 aliphatic rings. The fourth-order valence-corrected chi connectivity index (χ4v) is 1.19. The minimum atomic E-state index is 0.310. The van der Waals surface area contributed by atoms with Crippen molar-refractivity contribution in [2.75, 3.05) is 0 Å². The maximum atomic E-state index is 5.44. The average Bonchev–Trinajstić information content (AvgIpc) is 2.31. The highest BCUT2D eigenvalue weighted by atomic mass is 16.5. The van der Waals surface area contributed by atoms with E-state index in [9.17, 15) is 0 Å². The van der Waals surface area contributed by atoms with Crippen molar-refractivity contribution in [3.63, 3.8) is 0 Å². The molecule has 0 atom stereocenters. The lowest BCUT2D eigenvalue weighted by molar-refractivity contribution is 0.441. The molecule has 5 nitrogen and oxygen atoms in total. The Balaban J connectivity index is 2.19. The zero-order valence-corrected chi connectivity index (χ0v) is 8.45. The predicted molar refractivity (Wildman–Crippen MR) is 60.3 cm³/mol. The number of hydrogen-bond donors (Lipinski definition) is 1. The summed E-state index contributed by atoms with van der Waals surface area (Å²) in [4.78, 5) is 7.92. The minimum Gasteiger partial charge on any atom is -0.424 e. The van der Waals surface area contributed by atoms with Crippen LogP contribution >= 0.6 is 0 Å². The van der Waals surface area contributed by atoms with Gasteiger partial charge in [-0.2, -0.15) is 5.10 Å². The molecule has 2 aromatic rings. The van der Waals surface area contributed by atoms with Gasteiger partial charge in [0.25, 0.3) is 0 Å². The number of rotatable bonds is 3. The molecule has 1 aromatic heterocycles. The Morgan fingerprint density at radius 3 is 2.75 bits per heavy atom. The molecule has 2 N–H and O–H groups in total. The van der Waals surface area contributed by atoms with Gasteiger partial charge in [0.1, 0.15) is 5.75 Å². The van der Waals surface area contributed by atoms with Crippen molar-refractivity contribution in [3.8, 4) is 11.8 Å². The summed E-state index contributed by atoms with van der Waals surface area (Å²) >= 11 is 0. The third kappa shape index (κ3) is 2.54.